The fourth-order valence-corrected chi connectivity index (χ4v) is 5.31. The molecule has 210 valence electrons. The molecule has 0 atom stereocenters. The Morgan fingerprint density at radius 3 is 2.10 bits per heavy atom. The van der Waals surface area contributed by atoms with E-state index in [0.717, 1.165) is 74.7 Å². The van der Waals surface area contributed by atoms with E-state index in [9.17, 15) is 4.39 Å². The molecule has 0 heterocycles. The normalized spacial score (nSPS) is 17.4. The van der Waals surface area contributed by atoms with E-state index in [1.807, 2.05) is 30.3 Å². The standard InChI is InChI=1S/C34H41F3O2/c1-3-5-21-38-29-17-13-26(14-18-29)30-19-15-27(33(36)34(30)37)12-9-24-7-10-25(11-8-24)28-16-20-32(31(35)23-28)39-22-6-4-2/h7-8,10-11,15-16,19-20,23,26,29H,3-6,9,12-14,17-18,21-22H2,1-2H3. The van der Waals surface area contributed by atoms with Crippen LogP contribution in [-0.4, -0.2) is 19.3 Å². The molecular weight excluding hydrogens is 497 g/mol. The fourth-order valence-electron chi connectivity index (χ4n) is 5.31. The van der Waals surface area contributed by atoms with Gasteiger partial charge in [-0.15, -0.1) is 0 Å². The topological polar surface area (TPSA) is 18.5 Å². The summed E-state index contributed by atoms with van der Waals surface area (Å²) >= 11 is 0. The Bertz CT molecular complexity index is 1180. The molecule has 0 bridgehead atoms. The first-order chi connectivity index (χ1) is 19.0. The van der Waals surface area contributed by atoms with Crippen molar-refractivity contribution in [1.29, 1.82) is 0 Å². The molecule has 0 radical (unpaired) electrons. The van der Waals surface area contributed by atoms with Crippen LogP contribution in [0.3, 0.4) is 0 Å². The fraction of sp³-hybridized carbons (Fsp3) is 0.471. The lowest BCUT2D eigenvalue weighted by Gasteiger charge is -2.29. The molecule has 1 fully saturated rings. The first-order valence-corrected chi connectivity index (χ1v) is 14.6. The highest BCUT2D eigenvalue weighted by Gasteiger charge is 2.26. The van der Waals surface area contributed by atoms with Crippen LogP contribution in [0.2, 0.25) is 0 Å². The van der Waals surface area contributed by atoms with Crippen LogP contribution in [-0.2, 0) is 17.6 Å². The zero-order valence-corrected chi connectivity index (χ0v) is 23.3. The summed E-state index contributed by atoms with van der Waals surface area (Å²) in [7, 11) is 0. The number of halogens is 3. The number of ether oxygens (including phenoxy) is 2. The monoisotopic (exact) mass is 538 g/mol. The third kappa shape index (κ3) is 7.88. The molecule has 1 aliphatic carbocycles. The zero-order chi connectivity index (χ0) is 27.6. The van der Waals surface area contributed by atoms with E-state index in [4.69, 9.17) is 9.47 Å². The molecule has 5 heteroatoms. The van der Waals surface area contributed by atoms with Gasteiger partial charge in [-0.2, -0.15) is 0 Å². The SMILES string of the molecule is CCCCOc1ccc(-c2ccc(CCc3ccc(C4CCC(OCCCC)CC4)c(F)c3F)cc2)cc1F. The van der Waals surface area contributed by atoms with E-state index < -0.39 is 11.6 Å². The second-order valence-corrected chi connectivity index (χ2v) is 10.7. The van der Waals surface area contributed by atoms with E-state index in [-0.39, 0.29) is 23.6 Å². The molecule has 0 amide bonds. The lowest BCUT2D eigenvalue weighted by atomic mass is 9.82. The molecule has 0 unspecified atom stereocenters. The van der Waals surface area contributed by atoms with Crippen molar-refractivity contribution in [2.75, 3.05) is 13.2 Å². The van der Waals surface area contributed by atoms with Crippen LogP contribution in [0.15, 0.2) is 54.6 Å². The molecule has 1 aliphatic rings. The van der Waals surface area contributed by atoms with Crippen molar-refractivity contribution >= 4 is 0 Å². The van der Waals surface area contributed by atoms with Crippen molar-refractivity contribution in [1.82, 2.24) is 0 Å². The number of hydrogen-bond donors (Lipinski definition) is 0. The van der Waals surface area contributed by atoms with Crippen LogP contribution in [0, 0.1) is 17.5 Å². The highest BCUT2D eigenvalue weighted by atomic mass is 19.2. The van der Waals surface area contributed by atoms with Crippen molar-refractivity contribution in [3.05, 3.63) is 88.7 Å². The molecule has 3 aromatic carbocycles. The van der Waals surface area contributed by atoms with Gasteiger partial charge in [0.15, 0.2) is 23.2 Å². The first-order valence-electron chi connectivity index (χ1n) is 14.6. The second kappa shape index (κ2) is 14.6. The van der Waals surface area contributed by atoms with Crippen LogP contribution < -0.4 is 4.74 Å². The Kier molecular flexibility index (Phi) is 10.9. The van der Waals surface area contributed by atoms with Gasteiger partial charge in [0.05, 0.1) is 12.7 Å². The van der Waals surface area contributed by atoms with Crippen molar-refractivity contribution in [2.45, 2.75) is 90.1 Å². The Morgan fingerprint density at radius 1 is 0.718 bits per heavy atom. The Hall–Kier alpha value is -2.79. The number of unbranched alkanes of at least 4 members (excludes halogenated alkanes) is 2. The maximum atomic E-state index is 15.1. The number of rotatable bonds is 13. The van der Waals surface area contributed by atoms with Crippen LogP contribution in [0.1, 0.15) is 87.8 Å². The van der Waals surface area contributed by atoms with Crippen LogP contribution in [0.25, 0.3) is 11.1 Å². The zero-order valence-electron chi connectivity index (χ0n) is 23.3. The van der Waals surface area contributed by atoms with Crippen molar-refractivity contribution in [3.63, 3.8) is 0 Å². The average Bonchev–Trinajstić information content (AvgIpc) is 2.96. The van der Waals surface area contributed by atoms with Gasteiger partial charge in [-0.05, 0) is 97.2 Å². The summed E-state index contributed by atoms with van der Waals surface area (Å²) in [6, 6.07) is 16.3. The predicted molar refractivity (Wildman–Crippen MR) is 152 cm³/mol. The molecular formula is C34H41F3O2. The predicted octanol–water partition coefficient (Wildman–Crippen LogP) is 9.58. The van der Waals surface area contributed by atoms with Gasteiger partial charge in [-0.3, -0.25) is 0 Å². The number of hydrogen-bond acceptors (Lipinski definition) is 2. The van der Waals surface area contributed by atoms with Gasteiger partial charge in [0.1, 0.15) is 0 Å². The molecule has 0 aliphatic heterocycles. The molecule has 0 spiro atoms. The van der Waals surface area contributed by atoms with Crippen molar-refractivity contribution in [2.24, 2.45) is 0 Å². The second-order valence-electron chi connectivity index (χ2n) is 10.7. The minimum atomic E-state index is -0.720. The molecule has 39 heavy (non-hydrogen) atoms. The summed E-state index contributed by atoms with van der Waals surface area (Å²) in [6.45, 7) is 5.50. The number of aryl methyl sites for hydroxylation is 2. The van der Waals surface area contributed by atoms with Crippen LogP contribution in [0.4, 0.5) is 13.2 Å². The van der Waals surface area contributed by atoms with Gasteiger partial charge in [-0.25, -0.2) is 13.2 Å². The largest absolute Gasteiger partial charge is 0.491 e. The van der Waals surface area contributed by atoms with Gasteiger partial charge in [0, 0.05) is 6.61 Å². The quantitative estimate of drug-likeness (QED) is 0.202. The van der Waals surface area contributed by atoms with E-state index in [2.05, 4.69) is 13.8 Å². The van der Waals surface area contributed by atoms with E-state index >= 15 is 8.78 Å². The van der Waals surface area contributed by atoms with E-state index in [1.165, 1.54) is 6.07 Å². The summed E-state index contributed by atoms with van der Waals surface area (Å²) in [5, 5.41) is 0. The Labute approximate surface area is 231 Å². The van der Waals surface area contributed by atoms with Gasteiger partial charge in [-0.1, -0.05) is 69.2 Å². The van der Waals surface area contributed by atoms with E-state index in [0.29, 0.717) is 30.6 Å². The summed E-state index contributed by atoms with van der Waals surface area (Å²) < 4.78 is 55.9. The molecule has 0 N–H and O–H groups in total. The summed E-state index contributed by atoms with van der Waals surface area (Å²) in [5.41, 5.74) is 3.58. The average molecular weight is 539 g/mol. The smallest absolute Gasteiger partial charge is 0.165 e. The van der Waals surface area contributed by atoms with E-state index in [1.54, 1.807) is 18.2 Å². The molecule has 0 saturated heterocycles. The van der Waals surface area contributed by atoms with Gasteiger partial charge in [0.2, 0.25) is 0 Å². The lowest BCUT2D eigenvalue weighted by molar-refractivity contribution is 0.0230. The maximum absolute atomic E-state index is 15.1. The molecule has 2 nitrogen and oxygen atoms in total. The maximum Gasteiger partial charge on any atom is 0.165 e. The highest BCUT2D eigenvalue weighted by Crippen LogP contribution is 2.36. The summed E-state index contributed by atoms with van der Waals surface area (Å²) in [4.78, 5) is 0. The Morgan fingerprint density at radius 2 is 1.41 bits per heavy atom. The minimum absolute atomic E-state index is 0.0499. The van der Waals surface area contributed by atoms with Crippen molar-refractivity contribution in [3.8, 4) is 16.9 Å². The lowest BCUT2D eigenvalue weighted by Crippen LogP contribution is -2.22. The van der Waals surface area contributed by atoms with Gasteiger partial charge in [0.25, 0.3) is 0 Å². The molecule has 3 aromatic rings. The summed E-state index contributed by atoms with van der Waals surface area (Å²) in [6.07, 6.45) is 8.77. The molecule has 4 rings (SSSR count). The van der Waals surface area contributed by atoms with Crippen LogP contribution >= 0.6 is 0 Å². The third-order valence-electron chi connectivity index (χ3n) is 7.82. The first kappa shape index (κ1) is 29.2. The Balaban J connectivity index is 1.32. The molecule has 1 saturated carbocycles. The summed E-state index contributed by atoms with van der Waals surface area (Å²) in [5.74, 6) is -1.46. The third-order valence-corrected chi connectivity index (χ3v) is 7.82. The van der Waals surface area contributed by atoms with Crippen molar-refractivity contribution < 1.29 is 22.6 Å². The van der Waals surface area contributed by atoms with Crippen LogP contribution in [0.5, 0.6) is 5.75 Å². The number of benzene rings is 3. The highest BCUT2D eigenvalue weighted by molar-refractivity contribution is 5.64. The van der Waals surface area contributed by atoms with Gasteiger partial charge >= 0.3 is 0 Å². The van der Waals surface area contributed by atoms with Gasteiger partial charge < -0.3 is 9.47 Å². The molecule has 0 aromatic heterocycles. The minimum Gasteiger partial charge on any atom is -0.491 e.